The number of nitrogens with one attached hydrogen (secondary N) is 1. The van der Waals surface area contributed by atoms with E-state index in [0.717, 1.165) is 45.4 Å². The van der Waals surface area contributed by atoms with Crippen LogP contribution in [-0.2, 0) is 15.9 Å². The molecule has 2 aliphatic rings. The van der Waals surface area contributed by atoms with E-state index in [1.165, 1.54) is 11.3 Å². The second kappa shape index (κ2) is 5.72. The lowest BCUT2D eigenvalue weighted by Crippen LogP contribution is -2.31. The number of para-hydroxylation sites is 1. The van der Waals surface area contributed by atoms with Gasteiger partial charge in [0.05, 0.1) is 12.2 Å². The molecule has 1 N–H and O–H groups in total. The van der Waals surface area contributed by atoms with Crippen LogP contribution in [-0.4, -0.2) is 32.0 Å². The quantitative estimate of drug-likeness (QED) is 0.871. The van der Waals surface area contributed by atoms with Crippen molar-refractivity contribution >= 4 is 5.69 Å². The maximum absolute atomic E-state index is 6.20. The van der Waals surface area contributed by atoms with Crippen molar-refractivity contribution < 1.29 is 9.47 Å². The minimum atomic E-state index is 0.334. The summed E-state index contributed by atoms with van der Waals surface area (Å²) in [5, 5.41) is 3.51. The van der Waals surface area contributed by atoms with Crippen LogP contribution in [0.2, 0.25) is 0 Å². The number of fused-ring (bicyclic) bond motifs is 1. The molecule has 0 aliphatic carbocycles. The molecule has 98 valence electrons. The smallest absolute Gasteiger partial charge is 0.0754 e. The van der Waals surface area contributed by atoms with Gasteiger partial charge in [0, 0.05) is 25.4 Å². The standard InChI is InChI=1S/C15H21NO2/c1-2-4-15-12(3-1)5-6-14(11-16-15)18-13-7-9-17-10-8-13/h1-4,13-14,16H,5-11H2. The topological polar surface area (TPSA) is 30.5 Å². The Morgan fingerprint density at radius 3 is 2.78 bits per heavy atom. The highest BCUT2D eigenvalue weighted by Gasteiger charge is 2.21. The van der Waals surface area contributed by atoms with Gasteiger partial charge in [0.2, 0.25) is 0 Å². The van der Waals surface area contributed by atoms with Crippen LogP contribution in [0.3, 0.4) is 0 Å². The summed E-state index contributed by atoms with van der Waals surface area (Å²) in [5.41, 5.74) is 2.69. The first-order valence-electron chi connectivity index (χ1n) is 6.97. The Labute approximate surface area is 108 Å². The first kappa shape index (κ1) is 12.0. The Morgan fingerprint density at radius 1 is 1.06 bits per heavy atom. The van der Waals surface area contributed by atoms with Gasteiger partial charge >= 0.3 is 0 Å². The molecule has 1 aromatic rings. The molecular weight excluding hydrogens is 226 g/mol. The van der Waals surface area contributed by atoms with Gasteiger partial charge in [-0.25, -0.2) is 0 Å². The third kappa shape index (κ3) is 2.85. The minimum Gasteiger partial charge on any atom is -0.382 e. The van der Waals surface area contributed by atoms with Crippen LogP contribution < -0.4 is 5.32 Å². The highest BCUT2D eigenvalue weighted by atomic mass is 16.5. The normalized spacial score (nSPS) is 25.0. The minimum absolute atomic E-state index is 0.334. The molecule has 2 heterocycles. The Hall–Kier alpha value is -1.06. The summed E-state index contributed by atoms with van der Waals surface area (Å²) < 4.78 is 11.6. The van der Waals surface area contributed by atoms with Gasteiger partial charge in [-0.05, 0) is 37.3 Å². The van der Waals surface area contributed by atoms with Gasteiger partial charge in [-0.2, -0.15) is 0 Å². The van der Waals surface area contributed by atoms with Gasteiger partial charge in [-0.3, -0.25) is 0 Å². The average molecular weight is 247 g/mol. The van der Waals surface area contributed by atoms with E-state index in [-0.39, 0.29) is 0 Å². The van der Waals surface area contributed by atoms with Crippen molar-refractivity contribution in [3.8, 4) is 0 Å². The van der Waals surface area contributed by atoms with Crippen LogP contribution >= 0.6 is 0 Å². The molecule has 0 aromatic heterocycles. The van der Waals surface area contributed by atoms with Crippen molar-refractivity contribution in [3.05, 3.63) is 29.8 Å². The van der Waals surface area contributed by atoms with Crippen LogP contribution in [0.25, 0.3) is 0 Å². The summed E-state index contributed by atoms with van der Waals surface area (Å²) in [4.78, 5) is 0. The van der Waals surface area contributed by atoms with Crippen molar-refractivity contribution in [3.63, 3.8) is 0 Å². The lowest BCUT2D eigenvalue weighted by atomic mass is 10.1. The van der Waals surface area contributed by atoms with Gasteiger partial charge in [-0.15, -0.1) is 0 Å². The fourth-order valence-electron chi connectivity index (χ4n) is 2.75. The second-order valence-corrected chi connectivity index (χ2v) is 5.15. The number of anilines is 1. The van der Waals surface area contributed by atoms with Crippen LogP contribution in [0.15, 0.2) is 24.3 Å². The predicted molar refractivity (Wildman–Crippen MR) is 72.0 cm³/mol. The van der Waals surface area contributed by atoms with Crippen molar-refractivity contribution in [2.24, 2.45) is 0 Å². The van der Waals surface area contributed by atoms with Crippen LogP contribution in [0.1, 0.15) is 24.8 Å². The summed E-state index contributed by atoms with van der Waals surface area (Å²) in [6.45, 7) is 2.63. The van der Waals surface area contributed by atoms with Gasteiger partial charge in [-0.1, -0.05) is 18.2 Å². The molecule has 2 aliphatic heterocycles. The number of hydrogen-bond donors (Lipinski definition) is 1. The Bertz CT molecular complexity index is 361. The van der Waals surface area contributed by atoms with Crippen molar-refractivity contribution in [2.45, 2.75) is 37.9 Å². The van der Waals surface area contributed by atoms with E-state index in [4.69, 9.17) is 9.47 Å². The Morgan fingerprint density at radius 2 is 1.89 bits per heavy atom. The highest BCUT2D eigenvalue weighted by Crippen LogP contribution is 2.23. The van der Waals surface area contributed by atoms with Crippen LogP contribution in [0.4, 0.5) is 5.69 Å². The van der Waals surface area contributed by atoms with Gasteiger partial charge in [0.1, 0.15) is 0 Å². The molecule has 1 atom stereocenters. The third-order valence-electron chi connectivity index (χ3n) is 3.83. The van der Waals surface area contributed by atoms with Crippen LogP contribution in [0.5, 0.6) is 0 Å². The third-order valence-corrected chi connectivity index (χ3v) is 3.83. The summed E-state index contributed by atoms with van der Waals surface area (Å²) in [6, 6.07) is 8.57. The average Bonchev–Trinajstić information content (AvgIpc) is 2.63. The monoisotopic (exact) mass is 247 g/mol. The van der Waals surface area contributed by atoms with Gasteiger partial charge in [0.15, 0.2) is 0 Å². The lowest BCUT2D eigenvalue weighted by Gasteiger charge is -2.27. The van der Waals surface area contributed by atoms with E-state index in [1.807, 2.05) is 0 Å². The zero-order valence-corrected chi connectivity index (χ0v) is 10.7. The Balaban J connectivity index is 1.57. The lowest BCUT2D eigenvalue weighted by molar-refractivity contribution is -0.0654. The summed E-state index contributed by atoms with van der Waals surface area (Å²) in [5.74, 6) is 0. The fraction of sp³-hybridized carbons (Fsp3) is 0.600. The molecule has 3 heteroatoms. The molecule has 18 heavy (non-hydrogen) atoms. The van der Waals surface area contributed by atoms with Crippen LogP contribution in [0, 0.1) is 0 Å². The fourth-order valence-corrected chi connectivity index (χ4v) is 2.75. The van der Waals surface area contributed by atoms with E-state index < -0.39 is 0 Å². The molecule has 0 saturated carbocycles. The zero-order chi connectivity index (χ0) is 12.2. The number of aryl methyl sites for hydroxylation is 1. The molecule has 1 aromatic carbocycles. The SMILES string of the molecule is c1ccc2c(c1)CCC(OC1CCOCC1)CN2. The maximum atomic E-state index is 6.20. The molecule has 1 unspecified atom stereocenters. The molecule has 0 amide bonds. The molecule has 3 nitrogen and oxygen atoms in total. The molecule has 0 spiro atoms. The molecule has 0 bridgehead atoms. The second-order valence-electron chi connectivity index (χ2n) is 5.15. The summed E-state index contributed by atoms with van der Waals surface area (Å²) in [6.07, 6.45) is 5.04. The molecule has 0 radical (unpaired) electrons. The maximum Gasteiger partial charge on any atom is 0.0754 e. The predicted octanol–water partition coefficient (Wildman–Crippen LogP) is 2.61. The van der Waals surface area contributed by atoms with E-state index in [0.29, 0.717) is 12.2 Å². The number of hydrogen-bond acceptors (Lipinski definition) is 3. The summed E-state index contributed by atoms with van der Waals surface area (Å²) in [7, 11) is 0. The number of rotatable bonds is 2. The first-order chi connectivity index (χ1) is 8.92. The number of benzene rings is 1. The Kier molecular flexibility index (Phi) is 3.81. The molecule has 3 rings (SSSR count). The van der Waals surface area contributed by atoms with Crippen molar-refractivity contribution in [1.29, 1.82) is 0 Å². The zero-order valence-electron chi connectivity index (χ0n) is 10.7. The van der Waals surface area contributed by atoms with E-state index in [2.05, 4.69) is 29.6 Å². The largest absolute Gasteiger partial charge is 0.382 e. The first-order valence-corrected chi connectivity index (χ1v) is 6.97. The van der Waals surface area contributed by atoms with E-state index >= 15 is 0 Å². The molecular formula is C15H21NO2. The van der Waals surface area contributed by atoms with E-state index in [1.54, 1.807) is 0 Å². The molecule has 1 fully saturated rings. The number of ether oxygens (including phenoxy) is 2. The van der Waals surface area contributed by atoms with Crippen molar-refractivity contribution in [2.75, 3.05) is 25.1 Å². The van der Waals surface area contributed by atoms with E-state index in [9.17, 15) is 0 Å². The van der Waals surface area contributed by atoms with Gasteiger partial charge < -0.3 is 14.8 Å². The van der Waals surface area contributed by atoms with Gasteiger partial charge in [0.25, 0.3) is 0 Å². The molecule has 1 saturated heterocycles. The highest BCUT2D eigenvalue weighted by molar-refractivity contribution is 5.52. The van der Waals surface area contributed by atoms with Crippen molar-refractivity contribution in [1.82, 2.24) is 0 Å². The summed E-state index contributed by atoms with van der Waals surface area (Å²) >= 11 is 0.